The molecule has 0 unspecified atom stereocenters. The number of anilines is 1. The van der Waals surface area contributed by atoms with Crippen LogP contribution in [0.2, 0.25) is 0 Å². The zero-order valence-corrected chi connectivity index (χ0v) is 12.4. The Kier molecular flexibility index (Phi) is 3.20. The summed E-state index contributed by atoms with van der Waals surface area (Å²) in [4.78, 5) is 16.4. The van der Waals surface area contributed by atoms with Gasteiger partial charge in [0.2, 0.25) is 0 Å². The minimum Gasteiger partial charge on any atom is -0.377 e. The number of aliphatic imine (C=N–C) groups is 1. The zero-order valence-electron chi connectivity index (χ0n) is 12.4. The molecule has 0 aliphatic carbocycles. The van der Waals surface area contributed by atoms with Crippen LogP contribution in [0, 0.1) is 0 Å². The average molecular weight is 310 g/mol. The number of nitrogens with one attached hydrogen (secondary N) is 1. The molecule has 7 nitrogen and oxygen atoms in total. The van der Waals surface area contributed by atoms with E-state index in [0.29, 0.717) is 11.7 Å². The summed E-state index contributed by atoms with van der Waals surface area (Å²) in [5.74, 6) is 0.552. The first kappa shape index (κ1) is 13.7. The summed E-state index contributed by atoms with van der Waals surface area (Å²) >= 11 is 0. The number of hydrogen-bond acceptors (Lipinski definition) is 6. The van der Waals surface area contributed by atoms with Crippen LogP contribution in [0.1, 0.15) is 5.82 Å². The van der Waals surface area contributed by atoms with Crippen LogP contribution < -0.4 is 11.1 Å². The first-order valence-electron chi connectivity index (χ1n) is 7.17. The number of nitrogens with zero attached hydrogens (tertiary/aromatic N) is 3. The summed E-state index contributed by atoms with van der Waals surface area (Å²) in [6.07, 6.45) is 0. The lowest BCUT2D eigenvalue weighted by Gasteiger charge is -2.19. The summed E-state index contributed by atoms with van der Waals surface area (Å²) < 4.78 is 11.1. The topological polar surface area (TPSA) is 81.7 Å². The van der Waals surface area contributed by atoms with E-state index < -0.39 is 5.76 Å². The summed E-state index contributed by atoms with van der Waals surface area (Å²) in [7, 11) is 1.54. The highest BCUT2D eigenvalue weighted by atomic mass is 16.5. The van der Waals surface area contributed by atoms with Crippen molar-refractivity contribution in [3.05, 3.63) is 52.8 Å². The van der Waals surface area contributed by atoms with Crippen molar-refractivity contribution in [2.75, 3.05) is 12.4 Å². The number of hydrogen-bond donors (Lipinski definition) is 1. The monoisotopic (exact) mass is 310 g/mol. The van der Waals surface area contributed by atoms with Crippen molar-refractivity contribution in [1.29, 1.82) is 0 Å². The molecular weight excluding hydrogens is 296 g/mol. The molecule has 0 fully saturated rings. The second kappa shape index (κ2) is 5.36. The van der Waals surface area contributed by atoms with Gasteiger partial charge in [0.1, 0.15) is 12.4 Å². The number of aromatic nitrogens is 2. The van der Waals surface area contributed by atoms with Gasteiger partial charge in [-0.25, -0.2) is 9.79 Å². The van der Waals surface area contributed by atoms with E-state index in [1.54, 1.807) is 0 Å². The molecule has 3 aromatic rings. The zero-order chi connectivity index (χ0) is 15.8. The molecule has 0 bridgehead atoms. The maximum absolute atomic E-state index is 11.8. The van der Waals surface area contributed by atoms with Gasteiger partial charge in [-0.1, -0.05) is 29.4 Å². The van der Waals surface area contributed by atoms with Crippen molar-refractivity contribution in [2.45, 2.75) is 13.2 Å². The van der Waals surface area contributed by atoms with Gasteiger partial charge in [0.25, 0.3) is 0 Å². The molecule has 0 amide bonds. The Morgan fingerprint density at radius 2 is 2.09 bits per heavy atom. The Morgan fingerprint density at radius 3 is 2.91 bits per heavy atom. The Bertz CT molecular complexity index is 966. The van der Waals surface area contributed by atoms with Crippen LogP contribution in [0.25, 0.3) is 10.8 Å². The Labute approximate surface area is 131 Å². The predicted octanol–water partition coefficient (Wildman–Crippen LogP) is 2.29. The molecular formula is C16H14N4O3. The molecule has 2 aromatic carbocycles. The Balaban J connectivity index is 1.75. The summed E-state index contributed by atoms with van der Waals surface area (Å²) in [5.41, 5.74) is 1.85. The van der Waals surface area contributed by atoms with Crippen LogP contribution >= 0.6 is 0 Å². The fourth-order valence-corrected chi connectivity index (χ4v) is 2.76. The number of rotatable bonds is 4. The molecule has 0 radical (unpaired) electrons. The van der Waals surface area contributed by atoms with Crippen molar-refractivity contribution in [3.63, 3.8) is 0 Å². The molecule has 7 heteroatoms. The minimum atomic E-state index is -0.529. The Hall–Kier alpha value is -2.93. The van der Waals surface area contributed by atoms with E-state index in [0.717, 1.165) is 22.1 Å². The highest BCUT2D eigenvalue weighted by molar-refractivity contribution is 6.13. The maximum atomic E-state index is 11.8. The lowest BCUT2D eigenvalue weighted by atomic mass is 10.1. The number of amidine groups is 1. The first-order valence-corrected chi connectivity index (χ1v) is 7.17. The van der Waals surface area contributed by atoms with Crippen LogP contribution in [0.4, 0.5) is 11.4 Å². The van der Waals surface area contributed by atoms with Crippen LogP contribution in [-0.2, 0) is 17.9 Å². The van der Waals surface area contributed by atoms with E-state index >= 15 is 0 Å². The fourth-order valence-electron chi connectivity index (χ4n) is 2.76. The quantitative estimate of drug-likeness (QED) is 0.799. The molecule has 0 saturated heterocycles. The van der Waals surface area contributed by atoms with E-state index in [2.05, 4.69) is 15.5 Å². The fraction of sp³-hybridized carbons (Fsp3) is 0.188. The van der Waals surface area contributed by atoms with Gasteiger partial charge in [0, 0.05) is 18.2 Å². The molecule has 23 heavy (non-hydrogen) atoms. The molecule has 1 aromatic heterocycles. The van der Waals surface area contributed by atoms with Crippen molar-refractivity contribution < 1.29 is 9.26 Å². The molecule has 1 aliphatic heterocycles. The van der Waals surface area contributed by atoms with Crippen molar-refractivity contribution >= 4 is 28.0 Å². The summed E-state index contributed by atoms with van der Waals surface area (Å²) in [6.45, 7) is 0.441. The van der Waals surface area contributed by atoms with E-state index in [1.807, 2.05) is 36.4 Å². The molecule has 1 aliphatic rings. The van der Waals surface area contributed by atoms with Gasteiger partial charge in [-0.15, -0.1) is 0 Å². The summed E-state index contributed by atoms with van der Waals surface area (Å²) in [6, 6.07) is 12.0. The largest absolute Gasteiger partial charge is 0.442 e. The van der Waals surface area contributed by atoms with Gasteiger partial charge >= 0.3 is 5.76 Å². The first-order chi connectivity index (χ1) is 11.3. The lowest BCUT2D eigenvalue weighted by Crippen LogP contribution is -2.27. The third-order valence-corrected chi connectivity index (χ3v) is 3.76. The molecule has 4 rings (SSSR count). The Morgan fingerprint density at radius 1 is 1.26 bits per heavy atom. The van der Waals surface area contributed by atoms with E-state index in [1.165, 1.54) is 11.7 Å². The highest BCUT2D eigenvalue weighted by Crippen LogP contribution is 2.35. The van der Waals surface area contributed by atoms with Crippen LogP contribution in [0.15, 0.2) is 50.7 Å². The molecule has 116 valence electrons. The SMILES string of the molecule is COCc1noc(=O)n1CC1=Nc2cccc3cccc(c23)N1. The minimum absolute atomic E-state index is 0.200. The van der Waals surface area contributed by atoms with Gasteiger partial charge in [0.05, 0.1) is 12.2 Å². The average Bonchev–Trinajstić information content (AvgIpc) is 2.89. The second-order valence-electron chi connectivity index (χ2n) is 5.25. The molecule has 2 heterocycles. The molecule has 0 atom stereocenters. The third kappa shape index (κ3) is 2.31. The van der Waals surface area contributed by atoms with Crippen molar-refractivity contribution in [3.8, 4) is 0 Å². The van der Waals surface area contributed by atoms with Gasteiger partial charge < -0.3 is 10.1 Å². The summed E-state index contributed by atoms with van der Waals surface area (Å²) in [5, 5.41) is 9.20. The van der Waals surface area contributed by atoms with Crippen LogP contribution in [0.5, 0.6) is 0 Å². The van der Waals surface area contributed by atoms with E-state index in [4.69, 9.17) is 9.26 Å². The van der Waals surface area contributed by atoms with Gasteiger partial charge in [-0.3, -0.25) is 9.09 Å². The molecule has 0 saturated carbocycles. The lowest BCUT2D eigenvalue weighted by molar-refractivity contribution is 0.172. The number of benzene rings is 2. The van der Waals surface area contributed by atoms with Gasteiger partial charge in [-0.05, 0) is 17.5 Å². The maximum Gasteiger partial charge on any atom is 0.442 e. The normalized spacial score (nSPS) is 13.0. The third-order valence-electron chi connectivity index (χ3n) is 3.76. The van der Waals surface area contributed by atoms with Crippen LogP contribution in [0.3, 0.4) is 0 Å². The molecule has 1 N–H and O–H groups in total. The van der Waals surface area contributed by atoms with Crippen molar-refractivity contribution in [1.82, 2.24) is 9.72 Å². The standard InChI is InChI=1S/C16H14N4O3/c1-22-9-14-19-23-16(21)20(14)8-13-17-11-6-2-4-10-5-3-7-12(18-13)15(10)11/h2-7H,8-9H2,1H3,(H,17,18). The second-order valence-corrected chi connectivity index (χ2v) is 5.25. The van der Waals surface area contributed by atoms with Gasteiger partial charge in [0.15, 0.2) is 5.82 Å². The highest BCUT2D eigenvalue weighted by Gasteiger charge is 2.17. The predicted molar refractivity (Wildman–Crippen MR) is 86.1 cm³/mol. The van der Waals surface area contributed by atoms with Crippen molar-refractivity contribution in [2.24, 2.45) is 4.99 Å². The molecule has 0 spiro atoms. The van der Waals surface area contributed by atoms with Crippen LogP contribution in [-0.4, -0.2) is 22.7 Å². The van der Waals surface area contributed by atoms with Gasteiger partial charge in [-0.2, -0.15) is 0 Å². The van der Waals surface area contributed by atoms with E-state index in [-0.39, 0.29) is 13.2 Å². The number of methoxy groups -OCH3 is 1. The van der Waals surface area contributed by atoms with E-state index in [9.17, 15) is 4.79 Å². The number of ether oxygens (including phenoxy) is 1. The smallest absolute Gasteiger partial charge is 0.377 e.